The van der Waals surface area contributed by atoms with Crippen LogP contribution in [-0.4, -0.2) is 18.8 Å². The van der Waals surface area contributed by atoms with E-state index in [1.807, 2.05) is 0 Å². The highest BCUT2D eigenvalue weighted by atomic mass is 35.5. The number of allylic oxidation sites excluding steroid dienone is 1. The first-order chi connectivity index (χ1) is 9.70. The van der Waals surface area contributed by atoms with Gasteiger partial charge in [-0.2, -0.15) is 0 Å². The molecule has 4 heteroatoms. The summed E-state index contributed by atoms with van der Waals surface area (Å²) < 4.78 is 5.10. The third-order valence-electron chi connectivity index (χ3n) is 3.66. The van der Waals surface area contributed by atoms with Crippen LogP contribution < -0.4 is 10.1 Å². The van der Waals surface area contributed by atoms with Crippen molar-refractivity contribution in [1.82, 2.24) is 5.32 Å². The summed E-state index contributed by atoms with van der Waals surface area (Å²) in [7, 11) is 1.53. The zero-order valence-electron chi connectivity index (χ0n) is 11.9. The van der Waals surface area contributed by atoms with Crippen LogP contribution in [0.15, 0.2) is 23.8 Å². The summed E-state index contributed by atoms with van der Waals surface area (Å²) >= 11 is 6.01. The number of hydrogen-bond donors (Lipinski definition) is 2. The van der Waals surface area contributed by atoms with E-state index < -0.39 is 0 Å². The minimum Gasteiger partial charge on any atom is -0.504 e. The van der Waals surface area contributed by atoms with Gasteiger partial charge in [0.25, 0.3) is 0 Å². The van der Waals surface area contributed by atoms with Crippen molar-refractivity contribution in [1.29, 1.82) is 0 Å². The van der Waals surface area contributed by atoms with Gasteiger partial charge in [-0.1, -0.05) is 23.3 Å². The predicted molar refractivity (Wildman–Crippen MR) is 82.5 cm³/mol. The van der Waals surface area contributed by atoms with Crippen molar-refractivity contribution in [3.05, 3.63) is 34.4 Å². The lowest BCUT2D eigenvalue weighted by Gasteiger charge is -2.14. The molecule has 1 aromatic rings. The Morgan fingerprint density at radius 2 is 2.20 bits per heavy atom. The number of ether oxygens (including phenoxy) is 1. The standard InChI is InChI=1S/C16H22ClNO2/c1-20-15-10-14(17)9-13(16(15)19)11-18-8-7-12-5-3-2-4-6-12/h5,9-10,18-19H,2-4,6-8,11H2,1H3. The summed E-state index contributed by atoms with van der Waals surface area (Å²) in [5, 5.41) is 14.0. The van der Waals surface area contributed by atoms with Gasteiger partial charge >= 0.3 is 0 Å². The Bertz CT molecular complexity index is 486. The number of aromatic hydroxyl groups is 1. The van der Waals surface area contributed by atoms with Gasteiger partial charge in [0.05, 0.1) is 7.11 Å². The molecule has 0 fully saturated rings. The molecule has 1 aromatic carbocycles. The Hall–Kier alpha value is -1.19. The van der Waals surface area contributed by atoms with Gasteiger partial charge < -0.3 is 15.2 Å². The zero-order valence-corrected chi connectivity index (χ0v) is 12.7. The number of rotatable bonds is 6. The molecule has 0 aliphatic heterocycles. The number of nitrogens with one attached hydrogen (secondary N) is 1. The summed E-state index contributed by atoms with van der Waals surface area (Å²) in [6, 6.07) is 3.39. The van der Waals surface area contributed by atoms with Gasteiger partial charge in [-0.25, -0.2) is 0 Å². The topological polar surface area (TPSA) is 41.5 Å². The van der Waals surface area contributed by atoms with Crippen molar-refractivity contribution < 1.29 is 9.84 Å². The quantitative estimate of drug-likeness (QED) is 0.615. The van der Waals surface area contributed by atoms with Crippen LogP contribution in [0, 0.1) is 0 Å². The second-order valence-electron chi connectivity index (χ2n) is 5.15. The molecule has 1 aliphatic rings. The van der Waals surface area contributed by atoms with E-state index in [1.165, 1.54) is 32.8 Å². The van der Waals surface area contributed by atoms with Crippen molar-refractivity contribution in [3.63, 3.8) is 0 Å². The van der Waals surface area contributed by atoms with E-state index in [2.05, 4.69) is 11.4 Å². The van der Waals surface area contributed by atoms with Crippen molar-refractivity contribution in [3.8, 4) is 11.5 Å². The normalized spacial score (nSPS) is 15.0. The Labute approximate surface area is 125 Å². The molecule has 3 nitrogen and oxygen atoms in total. The van der Waals surface area contributed by atoms with Crippen LogP contribution in [0.2, 0.25) is 5.02 Å². The predicted octanol–water partition coefficient (Wildman–Crippen LogP) is 4.03. The first-order valence-electron chi connectivity index (χ1n) is 7.14. The number of phenolic OH excluding ortho intramolecular Hbond substituents is 1. The second kappa shape index (κ2) is 7.55. The molecule has 0 saturated carbocycles. The van der Waals surface area contributed by atoms with Gasteiger partial charge in [0.2, 0.25) is 0 Å². The molecule has 2 rings (SSSR count). The van der Waals surface area contributed by atoms with E-state index in [-0.39, 0.29) is 5.75 Å². The van der Waals surface area contributed by atoms with E-state index in [0.717, 1.165) is 18.5 Å². The molecule has 0 spiro atoms. The van der Waals surface area contributed by atoms with Gasteiger partial charge in [-0.15, -0.1) is 0 Å². The van der Waals surface area contributed by atoms with Crippen LogP contribution >= 0.6 is 11.6 Å². The number of methoxy groups -OCH3 is 1. The molecule has 0 heterocycles. The molecule has 0 atom stereocenters. The van der Waals surface area contributed by atoms with E-state index in [4.69, 9.17) is 16.3 Å². The lowest BCUT2D eigenvalue weighted by atomic mass is 9.97. The molecule has 0 bridgehead atoms. The van der Waals surface area contributed by atoms with Crippen LogP contribution in [0.5, 0.6) is 11.5 Å². The summed E-state index contributed by atoms with van der Waals surface area (Å²) in [5.74, 6) is 0.588. The summed E-state index contributed by atoms with van der Waals surface area (Å²) in [5.41, 5.74) is 2.32. The van der Waals surface area contributed by atoms with Crippen molar-refractivity contribution >= 4 is 11.6 Å². The maximum atomic E-state index is 10.0. The Morgan fingerprint density at radius 1 is 1.35 bits per heavy atom. The Kier molecular flexibility index (Phi) is 5.74. The largest absolute Gasteiger partial charge is 0.504 e. The highest BCUT2D eigenvalue weighted by Crippen LogP contribution is 2.33. The van der Waals surface area contributed by atoms with Gasteiger partial charge in [0.1, 0.15) is 0 Å². The molecule has 0 amide bonds. The second-order valence-corrected chi connectivity index (χ2v) is 5.59. The fourth-order valence-corrected chi connectivity index (χ4v) is 2.75. The number of benzene rings is 1. The van der Waals surface area contributed by atoms with Crippen molar-refractivity contribution in [2.24, 2.45) is 0 Å². The van der Waals surface area contributed by atoms with E-state index >= 15 is 0 Å². The summed E-state index contributed by atoms with van der Waals surface area (Å²) in [6.45, 7) is 1.51. The molecule has 2 N–H and O–H groups in total. The minimum absolute atomic E-state index is 0.168. The smallest absolute Gasteiger partial charge is 0.162 e. The average Bonchev–Trinajstić information content (AvgIpc) is 2.47. The van der Waals surface area contributed by atoms with Gasteiger partial charge in [0.15, 0.2) is 11.5 Å². The zero-order chi connectivity index (χ0) is 14.4. The fraction of sp³-hybridized carbons (Fsp3) is 0.500. The van der Waals surface area contributed by atoms with Gasteiger partial charge in [0, 0.05) is 23.2 Å². The molecule has 0 saturated heterocycles. The van der Waals surface area contributed by atoms with E-state index in [9.17, 15) is 5.11 Å². The molecule has 0 aromatic heterocycles. The molecular weight excluding hydrogens is 274 g/mol. The van der Waals surface area contributed by atoms with Crippen molar-refractivity contribution in [2.75, 3.05) is 13.7 Å². The summed E-state index contributed by atoms with van der Waals surface area (Å²) in [6.07, 6.45) is 8.55. The van der Waals surface area contributed by atoms with E-state index in [1.54, 1.807) is 17.7 Å². The molecule has 20 heavy (non-hydrogen) atoms. The lowest BCUT2D eigenvalue weighted by molar-refractivity contribution is 0.369. The van der Waals surface area contributed by atoms with Crippen LogP contribution in [0.1, 0.15) is 37.7 Å². The fourth-order valence-electron chi connectivity index (χ4n) is 2.52. The lowest BCUT2D eigenvalue weighted by Crippen LogP contribution is -2.16. The molecule has 0 unspecified atom stereocenters. The number of halogens is 1. The van der Waals surface area contributed by atoms with Crippen LogP contribution in [0.4, 0.5) is 0 Å². The average molecular weight is 296 g/mol. The van der Waals surface area contributed by atoms with Gasteiger partial charge in [-0.3, -0.25) is 0 Å². The highest BCUT2D eigenvalue weighted by molar-refractivity contribution is 6.30. The van der Waals surface area contributed by atoms with Crippen LogP contribution in [0.3, 0.4) is 0 Å². The van der Waals surface area contributed by atoms with Crippen LogP contribution in [0.25, 0.3) is 0 Å². The first kappa shape index (κ1) is 15.2. The molecule has 0 radical (unpaired) electrons. The summed E-state index contributed by atoms with van der Waals surface area (Å²) in [4.78, 5) is 0. The first-order valence-corrected chi connectivity index (χ1v) is 7.52. The number of phenols is 1. The number of hydrogen-bond acceptors (Lipinski definition) is 3. The van der Waals surface area contributed by atoms with Crippen molar-refractivity contribution in [2.45, 2.75) is 38.6 Å². The molecule has 1 aliphatic carbocycles. The minimum atomic E-state index is 0.168. The highest BCUT2D eigenvalue weighted by Gasteiger charge is 2.10. The van der Waals surface area contributed by atoms with Crippen LogP contribution in [-0.2, 0) is 6.54 Å². The maximum absolute atomic E-state index is 10.0. The maximum Gasteiger partial charge on any atom is 0.162 e. The molecular formula is C16H22ClNO2. The molecule has 110 valence electrons. The third kappa shape index (κ3) is 4.15. The Morgan fingerprint density at radius 3 is 2.90 bits per heavy atom. The monoisotopic (exact) mass is 295 g/mol. The SMILES string of the molecule is COc1cc(Cl)cc(CNCCC2=CCCCC2)c1O. The van der Waals surface area contributed by atoms with Gasteiger partial charge in [-0.05, 0) is 44.7 Å². The van der Waals surface area contributed by atoms with E-state index in [0.29, 0.717) is 17.3 Å². The third-order valence-corrected chi connectivity index (χ3v) is 3.88. The Balaban J connectivity index is 1.84.